The molecule has 1 atom stereocenters. The molecule has 2 aromatic carbocycles. The van der Waals surface area contributed by atoms with E-state index in [0.717, 1.165) is 36.2 Å². The molecule has 2 heterocycles. The minimum absolute atomic E-state index is 0.220. The van der Waals surface area contributed by atoms with E-state index in [2.05, 4.69) is 20.9 Å². The van der Waals surface area contributed by atoms with E-state index in [0.29, 0.717) is 11.4 Å². The predicted molar refractivity (Wildman–Crippen MR) is 104 cm³/mol. The highest BCUT2D eigenvalue weighted by Gasteiger charge is 2.25. The number of aryl methyl sites for hydroxylation is 1. The zero-order chi connectivity index (χ0) is 18.8. The van der Waals surface area contributed by atoms with Gasteiger partial charge in [0.15, 0.2) is 11.7 Å². The van der Waals surface area contributed by atoms with Gasteiger partial charge in [0, 0.05) is 12.1 Å². The van der Waals surface area contributed by atoms with Crippen molar-refractivity contribution in [1.82, 2.24) is 14.9 Å². The molecule has 1 saturated heterocycles. The summed E-state index contributed by atoms with van der Waals surface area (Å²) in [5, 5.41) is 9.61. The number of aromatic nitrogens is 2. The van der Waals surface area contributed by atoms with Crippen LogP contribution < -0.4 is 0 Å². The molecule has 5 nitrogen and oxygen atoms in total. The number of hydrogen-bond donors (Lipinski definition) is 1. The Morgan fingerprint density at radius 1 is 1.22 bits per heavy atom. The fourth-order valence-electron chi connectivity index (χ4n) is 3.72. The van der Waals surface area contributed by atoms with Crippen molar-refractivity contribution < 1.29 is 4.79 Å². The average molecular weight is 358 g/mol. The molecular weight excluding hydrogens is 336 g/mol. The van der Waals surface area contributed by atoms with E-state index in [-0.39, 0.29) is 5.78 Å². The highest BCUT2D eigenvalue weighted by atomic mass is 16.1. The lowest BCUT2D eigenvalue weighted by molar-refractivity contribution is 0.0976. The molecule has 27 heavy (non-hydrogen) atoms. The molecule has 0 spiro atoms. The molecule has 1 aliphatic heterocycles. The van der Waals surface area contributed by atoms with Gasteiger partial charge >= 0.3 is 0 Å². The third kappa shape index (κ3) is 3.49. The zero-order valence-corrected chi connectivity index (χ0v) is 15.4. The number of H-pyrrole nitrogens is 1. The number of likely N-dealkylation sites (tertiary alicyclic amines) is 1. The van der Waals surface area contributed by atoms with Gasteiger partial charge < -0.3 is 4.98 Å². The number of fused-ring (bicyclic) bond motifs is 1. The van der Waals surface area contributed by atoms with Gasteiger partial charge in [0.2, 0.25) is 0 Å². The Bertz CT molecular complexity index is 1010. The molecular formula is C22H22N4O. The molecule has 1 fully saturated rings. The number of rotatable bonds is 5. The van der Waals surface area contributed by atoms with Crippen LogP contribution in [0.1, 0.15) is 46.1 Å². The number of para-hydroxylation sites is 1. The number of carbonyl (C=O) groups excluding carboxylic acids is 1. The molecule has 3 aromatic rings. The van der Waals surface area contributed by atoms with E-state index in [1.807, 2.05) is 49.4 Å². The number of Topliss-reactive ketones (excluding diaryl/α,β-unsaturated/α-hetero) is 1. The minimum atomic E-state index is -0.929. The van der Waals surface area contributed by atoms with Crippen molar-refractivity contribution in [3.63, 3.8) is 0 Å². The van der Waals surface area contributed by atoms with Crippen molar-refractivity contribution in [2.24, 2.45) is 0 Å². The summed E-state index contributed by atoms with van der Waals surface area (Å²) >= 11 is 0. The van der Waals surface area contributed by atoms with Gasteiger partial charge in [-0.2, -0.15) is 5.26 Å². The van der Waals surface area contributed by atoms with Crippen LogP contribution in [0, 0.1) is 18.3 Å². The standard InChI is InChI=1S/C22H22N4O/c1-15-5-4-6-19-20(15)25-22(24-19)18(13-23)21(27)17-9-7-16(8-10-17)14-26-11-2-3-12-26/h4-10,18H,2-3,11-12,14H2,1H3,(H,24,25). The first-order valence-corrected chi connectivity index (χ1v) is 9.36. The second-order valence-corrected chi connectivity index (χ2v) is 7.20. The van der Waals surface area contributed by atoms with Gasteiger partial charge in [-0.3, -0.25) is 9.69 Å². The zero-order valence-electron chi connectivity index (χ0n) is 15.4. The monoisotopic (exact) mass is 358 g/mol. The lowest BCUT2D eigenvalue weighted by Crippen LogP contribution is -2.18. The van der Waals surface area contributed by atoms with Gasteiger partial charge in [-0.15, -0.1) is 0 Å². The Labute approximate surface area is 158 Å². The summed E-state index contributed by atoms with van der Waals surface area (Å²) in [4.78, 5) is 23.0. The summed E-state index contributed by atoms with van der Waals surface area (Å²) < 4.78 is 0. The topological polar surface area (TPSA) is 72.8 Å². The molecule has 0 amide bonds. The van der Waals surface area contributed by atoms with E-state index < -0.39 is 5.92 Å². The maximum absolute atomic E-state index is 12.9. The molecule has 4 rings (SSSR count). The SMILES string of the molecule is Cc1cccc2[nH]c(C(C#N)C(=O)c3ccc(CN4CCCC4)cc3)nc12. The number of hydrogen-bond acceptors (Lipinski definition) is 4. The maximum Gasteiger partial charge on any atom is 0.187 e. The van der Waals surface area contributed by atoms with Gasteiger partial charge in [-0.1, -0.05) is 36.4 Å². The quantitative estimate of drug-likeness (QED) is 0.701. The maximum atomic E-state index is 12.9. The van der Waals surface area contributed by atoms with E-state index in [4.69, 9.17) is 0 Å². The average Bonchev–Trinajstić information content (AvgIpc) is 3.33. The fourth-order valence-corrected chi connectivity index (χ4v) is 3.72. The Kier molecular flexibility index (Phi) is 4.74. The van der Waals surface area contributed by atoms with Gasteiger partial charge in [-0.05, 0) is 50.0 Å². The molecule has 136 valence electrons. The van der Waals surface area contributed by atoms with Crippen molar-refractivity contribution in [2.75, 3.05) is 13.1 Å². The van der Waals surface area contributed by atoms with Crippen molar-refractivity contribution in [3.8, 4) is 6.07 Å². The number of imidazole rings is 1. The van der Waals surface area contributed by atoms with Crippen LogP contribution in [0.25, 0.3) is 11.0 Å². The molecule has 1 N–H and O–H groups in total. The van der Waals surface area contributed by atoms with Crippen LogP contribution in [0.2, 0.25) is 0 Å². The number of aromatic amines is 1. The number of nitrogens with one attached hydrogen (secondary N) is 1. The van der Waals surface area contributed by atoms with Crippen molar-refractivity contribution in [3.05, 3.63) is 65.0 Å². The predicted octanol–water partition coefficient (Wildman–Crippen LogP) is 3.96. The van der Waals surface area contributed by atoms with Gasteiger partial charge in [0.25, 0.3) is 0 Å². The molecule has 0 saturated carbocycles. The van der Waals surface area contributed by atoms with Crippen LogP contribution in [-0.2, 0) is 6.54 Å². The Morgan fingerprint density at radius 2 is 1.96 bits per heavy atom. The highest BCUT2D eigenvalue weighted by molar-refractivity contribution is 6.02. The number of carbonyl (C=O) groups is 1. The van der Waals surface area contributed by atoms with Crippen molar-refractivity contribution in [1.29, 1.82) is 5.26 Å². The molecule has 1 aromatic heterocycles. The van der Waals surface area contributed by atoms with E-state index >= 15 is 0 Å². The smallest absolute Gasteiger partial charge is 0.187 e. The summed E-state index contributed by atoms with van der Waals surface area (Å²) in [6.45, 7) is 5.17. The molecule has 1 aliphatic rings. The highest BCUT2D eigenvalue weighted by Crippen LogP contribution is 2.23. The van der Waals surface area contributed by atoms with Gasteiger partial charge in [0.05, 0.1) is 17.1 Å². The van der Waals surface area contributed by atoms with E-state index in [1.54, 1.807) is 0 Å². The Morgan fingerprint density at radius 3 is 2.63 bits per heavy atom. The molecule has 1 unspecified atom stereocenters. The molecule has 0 bridgehead atoms. The third-order valence-corrected chi connectivity index (χ3v) is 5.24. The Balaban J connectivity index is 1.56. The van der Waals surface area contributed by atoms with Crippen LogP contribution in [0.5, 0.6) is 0 Å². The normalized spacial score (nSPS) is 15.7. The summed E-state index contributed by atoms with van der Waals surface area (Å²) in [6.07, 6.45) is 2.52. The Hall–Kier alpha value is -2.97. The minimum Gasteiger partial charge on any atom is -0.340 e. The molecule has 0 radical (unpaired) electrons. The number of nitrogens with zero attached hydrogens (tertiary/aromatic N) is 3. The first-order chi connectivity index (χ1) is 13.2. The first kappa shape index (κ1) is 17.4. The third-order valence-electron chi connectivity index (χ3n) is 5.24. The summed E-state index contributed by atoms with van der Waals surface area (Å²) in [7, 11) is 0. The molecule has 5 heteroatoms. The van der Waals surface area contributed by atoms with Crippen LogP contribution in [0.4, 0.5) is 0 Å². The number of benzene rings is 2. The first-order valence-electron chi connectivity index (χ1n) is 9.36. The second kappa shape index (κ2) is 7.34. The summed E-state index contributed by atoms with van der Waals surface area (Å²) in [5.41, 5.74) is 4.41. The summed E-state index contributed by atoms with van der Waals surface area (Å²) in [5.74, 6) is -0.740. The van der Waals surface area contributed by atoms with Crippen LogP contribution in [0.3, 0.4) is 0 Å². The lowest BCUT2D eigenvalue weighted by atomic mass is 9.97. The largest absolute Gasteiger partial charge is 0.340 e. The number of ketones is 1. The molecule has 0 aliphatic carbocycles. The van der Waals surface area contributed by atoms with Crippen LogP contribution in [-0.4, -0.2) is 33.7 Å². The summed E-state index contributed by atoms with van der Waals surface area (Å²) in [6, 6.07) is 15.6. The second-order valence-electron chi connectivity index (χ2n) is 7.20. The lowest BCUT2D eigenvalue weighted by Gasteiger charge is -2.14. The van der Waals surface area contributed by atoms with Gasteiger partial charge in [-0.25, -0.2) is 4.98 Å². The van der Waals surface area contributed by atoms with Gasteiger partial charge in [0.1, 0.15) is 5.82 Å². The van der Waals surface area contributed by atoms with Crippen molar-refractivity contribution in [2.45, 2.75) is 32.2 Å². The fraction of sp³-hybridized carbons (Fsp3) is 0.318. The van der Waals surface area contributed by atoms with Crippen LogP contribution in [0.15, 0.2) is 42.5 Å². The van der Waals surface area contributed by atoms with E-state index in [1.165, 1.54) is 18.4 Å². The van der Waals surface area contributed by atoms with E-state index in [9.17, 15) is 10.1 Å². The van der Waals surface area contributed by atoms with Crippen molar-refractivity contribution >= 4 is 16.8 Å². The number of nitriles is 1. The van der Waals surface area contributed by atoms with Crippen LogP contribution >= 0.6 is 0 Å².